The number of hydrogen-bond donors (Lipinski definition) is 2. The van der Waals surface area contributed by atoms with E-state index < -0.39 is 0 Å². The van der Waals surface area contributed by atoms with Crippen molar-refractivity contribution in [2.24, 2.45) is 0 Å². The average Bonchev–Trinajstić information content (AvgIpc) is 2.81. The highest BCUT2D eigenvalue weighted by molar-refractivity contribution is 9.10. The first-order chi connectivity index (χ1) is 8.66. The highest BCUT2D eigenvalue weighted by Gasteiger charge is 2.10. The largest absolute Gasteiger partial charge is 0.349 e. The Morgan fingerprint density at radius 1 is 1.50 bits per heavy atom. The Kier molecular flexibility index (Phi) is 4.49. The second-order valence-electron chi connectivity index (χ2n) is 4.13. The van der Waals surface area contributed by atoms with Crippen LogP contribution in [0.15, 0.2) is 35.1 Å². The Labute approximate surface area is 114 Å². The third kappa shape index (κ3) is 3.40. The molecular formula is C13H15BrFN3. The van der Waals surface area contributed by atoms with Gasteiger partial charge < -0.3 is 10.3 Å². The molecule has 18 heavy (non-hydrogen) atoms. The van der Waals surface area contributed by atoms with Crippen LogP contribution in [0.3, 0.4) is 0 Å². The molecule has 2 aromatic rings. The maximum atomic E-state index is 13.7. The van der Waals surface area contributed by atoms with Crippen molar-refractivity contribution in [2.45, 2.75) is 19.4 Å². The van der Waals surface area contributed by atoms with Crippen molar-refractivity contribution in [3.05, 3.63) is 52.3 Å². The van der Waals surface area contributed by atoms with E-state index in [4.69, 9.17) is 0 Å². The first-order valence-electron chi connectivity index (χ1n) is 5.83. The second kappa shape index (κ2) is 6.11. The number of halogens is 2. The SMILES string of the molecule is CC(NCCc1ncc[nH]1)c1ccc(Br)cc1F. The lowest BCUT2D eigenvalue weighted by atomic mass is 10.1. The van der Waals surface area contributed by atoms with Crippen molar-refractivity contribution >= 4 is 15.9 Å². The molecule has 0 saturated heterocycles. The van der Waals surface area contributed by atoms with Crippen LogP contribution < -0.4 is 5.32 Å². The molecule has 0 bridgehead atoms. The monoisotopic (exact) mass is 311 g/mol. The molecule has 0 spiro atoms. The fourth-order valence-corrected chi connectivity index (χ4v) is 2.14. The van der Waals surface area contributed by atoms with Gasteiger partial charge in [0.15, 0.2) is 0 Å². The van der Waals surface area contributed by atoms with Gasteiger partial charge in [-0.25, -0.2) is 9.37 Å². The summed E-state index contributed by atoms with van der Waals surface area (Å²) in [5, 5.41) is 3.28. The highest BCUT2D eigenvalue weighted by atomic mass is 79.9. The molecule has 0 saturated carbocycles. The van der Waals surface area contributed by atoms with Crippen LogP contribution in [0.2, 0.25) is 0 Å². The minimum atomic E-state index is -0.192. The number of aromatic nitrogens is 2. The van der Waals surface area contributed by atoms with E-state index in [1.165, 1.54) is 6.07 Å². The molecule has 1 atom stereocenters. The van der Waals surface area contributed by atoms with Gasteiger partial charge in [0.1, 0.15) is 11.6 Å². The predicted octanol–water partition coefficient (Wildman–Crippen LogP) is 3.20. The molecule has 0 radical (unpaired) electrons. The maximum absolute atomic E-state index is 13.7. The van der Waals surface area contributed by atoms with Crippen LogP contribution >= 0.6 is 15.9 Å². The first kappa shape index (κ1) is 13.2. The second-order valence-corrected chi connectivity index (χ2v) is 5.04. The van der Waals surface area contributed by atoms with Crippen molar-refractivity contribution in [1.29, 1.82) is 0 Å². The molecule has 0 aliphatic heterocycles. The van der Waals surface area contributed by atoms with Crippen LogP contribution in [-0.4, -0.2) is 16.5 Å². The molecule has 0 amide bonds. The Morgan fingerprint density at radius 3 is 3.00 bits per heavy atom. The smallest absolute Gasteiger partial charge is 0.129 e. The number of benzene rings is 1. The number of nitrogens with zero attached hydrogens (tertiary/aromatic N) is 1. The van der Waals surface area contributed by atoms with E-state index in [2.05, 4.69) is 31.2 Å². The highest BCUT2D eigenvalue weighted by Crippen LogP contribution is 2.20. The van der Waals surface area contributed by atoms with E-state index in [9.17, 15) is 4.39 Å². The number of hydrogen-bond acceptors (Lipinski definition) is 2. The number of nitrogens with one attached hydrogen (secondary N) is 2. The normalized spacial score (nSPS) is 12.6. The van der Waals surface area contributed by atoms with Crippen LogP contribution in [0, 0.1) is 5.82 Å². The van der Waals surface area contributed by atoms with Gasteiger partial charge >= 0.3 is 0 Å². The molecule has 96 valence electrons. The molecule has 2 rings (SSSR count). The summed E-state index contributed by atoms with van der Waals surface area (Å²) < 4.78 is 14.5. The quantitative estimate of drug-likeness (QED) is 0.890. The summed E-state index contributed by atoms with van der Waals surface area (Å²) >= 11 is 3.25. The molecule has 5 heteroatoms. The molecule has 1 aromatic carbocycles. The summed E-state index contributed by atoms with van der Waals surface area (Å²) in [6.45, 7) is 2.71. The standard InChI is InChI=1S/C13H15BrFN3/c1-9(11-3-2-10(14)8-12(11)15)16-5-4-13-17-6-7-18-13/h2-3,6-9,16H,4-5H2,1H3,(H,17,18). The molecule has 0 aliphatic carbocycles. The fourth-order valence-electron chi connectivity index (χ4n) is 1.80. The zero-order valence-electron chi connectivity index (χ0n) is 10.1. The minimum absolute atomic E-state index is 0.0203. The van der Waals surface area contributed by atoms with Gasteiger partial charge in [-0.05, 0) is 19.1 Å². The zero-order chi connectivity index (χ0) is 13.0. The van der Waals surface area contributed by atoms with Gasteiger partial charge in [0.05, 0.1) is 0 Å². The first-order valence-corrected chi connectivity index (χ1v) is 6.62. The van der Waals surface area contributed by atoms with E-state index in [0.29, 0.717) is 5.56 Å². The molecule has 1 heterocycles. The van der Waals surface area contributed by atoms with E-state index in [1.807, 2.05) is 13.0 Å². The van der Waals surface area contributed by atoms with Gasteiger partial charge in [0.25, 0.3) is 0 Å². The van der Waals surface area contributed by atoms with Crippen molar-refractivity contribution < 1.29 is 4.39 Å². The molecular weight excluding hydrogens is 297 g/mol. The molecule has 1 aromatic heterocycles. The van der Waals surface area contributed by atoms with E-state index >= 15 is 0 Å². The van der Waals surface area contributed by atoms with Crippen molar-refractivity contribution in [3.63, 3.8) is 0 Å². The van der Waals surface area contributed by atoms with Crippen LogP contribution in [0.1, 0.15) is 24.4 Å². The molecule has 3 nitrogen and oxygen atoms in total. The fraction of sp³-hybridized carbons (Fsp3) is 0.308. The van der Waals surface area contributed by atoms with Gasteiger partial charge in [-0.15, -0.1) is 0 Å². The zero-order valence-corrected chi connectivity index (χ0v) is 11.7. The Hall–Kier alpha value is -1.20. The van der Waals surface area contributed by atoms with Crippen LogP contribution in [0.25, 0.3) is 0 Å². The van der Waals surface area contributed by atoms with Crippen LogP contribution in [0.5, 0.6) is 0 Å². The molecule has 1 unspecified atom stereocenters. The van der Waals surface area contributed by atoms with E-state index in [0.717, 1.165) is 23.3 Å². The third-order valence-electron chi connectivity index (χ3n) is 2.80. The summed E-state index contributed by atoms with van der Waals surface area (Å²) in [5.41, 5.74) is 0.678. The Bertz CT molecular complexity index is 499. The molecule has 0 fully saturated rings. The Morgan fingerprint density at radius 2 is 2.33 bits per heavy atom. The van der Waals surface area contributed by atoms with E-state index in [-0.39, 0.29) is 11.9 Å². The lowest BCUT2D eigenvalue weighted by Gasteiger charge is -2.14. The lowest BCUT2D eigenvalue weighted by molar-refractivity contribution is 0.528. The van der Waals surface area contributed by atoms with Gasteiger partial charge in [0, 0.05) is 41.4 Å². The van der Waals surface area contributed by atoms with Gasteiger partial charge in [-0.3, -0.25) is 0 Å². The van der Waals surface area contributed by atoms with Crippen molar-refractivity contribution in [1.82, 2.24) is 15.3 Å². The summed E-state index contributed by atoms with van der Waals surface area (Å²) in [5.74, 6) is 0.744. The maximum Gasteiger partial charge on any atom is 0.129 e. The van der Waals surface area contributed by atoms with Crippen LogP contribution in [-0.2, 0) is 6.42 Å². The molecule has 0 aliphatic rings. The number of rotatable bonds is 5. The van der Waals surface area contributed by atoms with E-state index in [1.54, 1.807) is 18.5 Å². The average molecular weight is 312 g/mol. The minimum Gasteiger partial charge on any atom is -0.349 e. The summed E-state index contributed by atoms with van der Waals surface area (Å²) in [6.07, 6.45) is 4.33. The topological polar surface area (TPSA) is 40.7 Å². The Balaban J connectivity index is 1.89. The predicted molar refractivity (Wildman–Crippen MR) is 72.8 cm³/mol. The number of aromatic amines is 1. The summed E-state index contributed by atoms with van der Waals surface area (Å²) in [7, 11) is 0. The third-order valence-corrected chi connectivity index (χ3v) is 3.29. The van der Waals surface area contributed by atoms with Gasteiger partial charge in [0.2, 0.25) is 0 Å². The summed E-state index contributed by atoms with van der Waals surface area (Å²) in [6, 6.07) is 5.11. The van der Waals surface area contributed by atoms with Gasteiger partial charge in [-0.1, -0.05) is 22.0 Å². The number of imidazole rings is 1. The van der Waals surface area contributed by atoms with Crippen molar-refractivity contribution in [3.8, 4) is 0 Å². The van der Waals surface area contributed by atoms with Gasteiger partial charge in [-0.2, -0.15) is 0 Å². The van der Waals surface area contributed by atoms with Crippen LogP contribution in [0.4, 0.5) is 4.39 Å². The van der Waals surface area contributed by atoms with Crippen molar-refractivity contribution in [2.75, 3.05) is 6.54 Å². The lowest BCUT2D eigenvalue weighted by Crippen LogP contribution is -2.22. The summed E-state index contributed by atoms with van der Waals surface area (Å²) in [4.78, 5) is 7.18. The molecule has 2 N–H and O–H groups in total. The number of H-pyrrole nitrogens is 1.